The molecule has 0 fully saturated rings. The molecule has 0 heterocycles. The molecule has 5 heteroatoms. The van der Waals surface area contributed by atoms with Gasteiger partial charge in [-0.15, -0.1) is 0 Å². The van der Waals surface area contributed by atoms with Gasteiger partial charge < -0.3 is 15.6 Å². The van der Waals surface area contributed by atoms with Crippen LogP contribution in [0.15, 0.2) is 18.2 Å². The van der Waals surface area contributed by atoms with Crippen LogP contribution in [-0.4, -0.2) is 23.3 Å². The molecule has 5 nitrogen and oxygen atoms in total. The number of para-hydroxylation sites is 1. The van der Waals surface area contributed by atoms with Gasteiger partial charge in [0.2, 0.25) is 0 Å². The van der Waals surface area contributed by atoms with E-state index in [0.717, 1.165) is 12.0 Å². The van der Waals surface area contributed by atoms with Crippen LogP contribution in [0.1, 0.15) is 32.8 Å². The molecule has 0 radical (unpaired) electrons. The van der Waals surface area contributed by atoms with Gasteiger partial charge in [0.25, 0.3) is 0 Å². The Hall–Kier alpha value is -1.75. The molecule has 0 unspecified atom stereocenters. The molecule has 1 aromatic carbocycles. The number of nitrogens with one attached hydrogen (secondary N) is 1. The van der Waals surface area contributed by atoms with E-state index in [0.29, 0.717) is 18.7 Å². The minimum absolute atomic E-state index is 0.0281. The lowest BCUT2D eigenvalue weighted by molar-refractivity contribution is 0.0635. The molecule has 1 aromatic rings. The van der Waals surface area contributed by atoms with Gasteiger partial charge in [0.1, 0.15) is 11.4 Å². The second kappa shape index (κ2) is 6.43. The van der Waals surface area contributed by atoms with Crippen molar-refractivity contribution in [2.45, 2.75) is 39.2 Å². The van der Waals surface area contributed by atoms with Gasteiger partial charge in [-0.1, -0.05) is 12.1 Å². The van der Waals surface area contributed by atoms with E-state index in [-0.39, 0.29) is 5.75 Å². The number of benzene rings is 1. The number of ether oxygens (including phenoxy) is 1. The first-order chi connectivity index (χ1) is 8.83. The Morgan fingerprint density at radius 1 is 1.42 bits per heavy atom. The van der Waals surface area contributed by atoms with Crippen LogP contribution >= 0.6 is 0 Å². The summed E-state index contributed by atoms with van der Waals surface area (Å²) < 4.78 is 5.17. The molecule has 1 amide bonds. The zero-order valence-electron chi connectivity index (χ0n) is 11.7. The van der Waals surface area contributed by atoms with Crippen LogP contribution < -0.4 is 11.1 Å². The SMILES string of the molecule is CC(C)(C)OC(=O)Nc1c(O)cccc1CCCN. The molecule has 19 heavy (non-hydrogen) atoms. The normalized spacial score (nSPS) is 11.2. The molecular weight excluding hydrogens is 244 g/mol. The standard InChI is InChI=1S/C14H22N2O3/c1-14(2,3)19-13(18)16-12-10(7-5-9-15)6-4-8-11(12)17/h4,6,8,17H,5,7,9,15H2,1-3H3,(H,16,18). The van der Waals surface area contributed by atoms with Crippen molar-refractivity contribution in [3.63, 3.8) is 0 Å². The lowest BCUT2D eigenvalue weighted by atomic mass is 10.1. The molecule has 1 rings (SSSR count). The van der Waals surface area contributed by atoms with Crippen molar-refractivity contribution in [3.8, 4) is 5.75 Å². The second-order valence-electron chi connectivity index (χ2n) is 5.33. The van der Waals surface area contributed by atoms with Gasteiger partial charge in [0.15, 0.2) is 0 Å². The monoisotopic (exact) mass is 266 g/mol. The maximum Gasteiger partial charge on any atom is 0.412 e. The van der Waals surface area contributed by atoms with E-state index in [1.807, 2.05) is 6.07 Å². The molecule has 106 valence electrons. The zero-order chi connectivity index (χ0) is 14.5. The average molecular weight is 266 g/mol. The molecule has 0 saturated carbocycles. The highest BCUT2D eigenvalue weighted by atomic mass is 16.6. The smallest absolute Gasteiger partial charge is 0.412 e. The van der Waals surface area contributed by atoms with Crippen LogP contribution in [0.3, 0.4) is 0 Å². The number of carbonyl (C=O) groups is 1. The molecule has 0 aliphatic carbocycles. The van der Waals surface area contributed by atoms with Crippen LogP contribution in [0.5, 0.6) is 5.75 Å². The number of hydrogen-bond donors (Lipinski definition) is 3. The summed E-state index contributed by atoms with van der Waals surface area (Å²) in [6.45, 7) is 5.91. The Morgan fingerprint density at radius 3 is 2.68 bits per heavy atom. The van der Waals surface area contributed by atoms with Gasteiger partial charge in [-0.25, -0.2) is 4.79 Å². The molecule has 0 spiro atoms. The molecular formula is C14H22N2O3. The highest BCUT2D eigenvalue weighted by molar-refractivity contribution is 5.88. The first-order valence-electron chi connectivity index (χ1n) is 6.34. The third kappa shape index (κ3) is 5.18. The van der Waals surface area contributed by atoms with Crippen molar-refractivity contribution in [2.75, 3.05) is 11.9 Å². The fraction of sp³-hybridized carbons (Fsp3) is 0.500. The predicted octanol–water partition coefficient (Wildman–Crippen LogP) is 2.63. The summed E-state index contributed by atoms with van der Waals surface area (Å²) in [4.78, 5) is 11.7. The zero-order valence-corrected chi connectivity index (χ0v) is 11.7. The largest absolute Gasteiger partial charge is 0.506 e. The minimum atomic E-state index is -0.581. The summed E-state index contributed by atoms with van der Waals surface area (Å²) in [6, 6.07) is 5.11. The van der Waals surface area contributed by atoms with Gasteiger partial charge >= 0.3 is 6.09 Å². The number of phenolic OH excluding ortho intramolecular Hbond substituents is 1. The highest BCUT2D eigenvalue weighted by Crippen LogP contribution is 2.28. The fourth-order valence-corrected chi connectivity index (χ4v) is 1.64. The summed E-state index contributed by atoms with van der Waals surface area (Å²) >= 11 is 0. The second-order valence-corrected chi connectivity index (χ2v) is 5.33. The van der Waals surface area contributed by atoms with Crippen LogP contribution in [0, 0.1) is 0 Å². The van der Waals surface area contributed by atoms with E-state index in [2.05, 4.69) is 5.32 Å². The topological polar surface area (TPSA) is 84.6 Å². The summed E-state index contributed by atoms with van der Waals surface area (Å²) in [5, 5.41) is 12.4. The number of rotatable bonds is 4. The van der Waals surface area contributed by atoms with E-state index in [1.54, 1.807) is 26.8 Å². The number of aromatic hydroxyl groups is 1. The van der Waals surface area contributed by atoms with Crippen molar-refractivity contribution in [1.82, 2.24) is 0 Å². The van der Waals surface area contributed by atoms with Crippen molar-refractivity contribution in [2.24, 2.45) is 5.73 Å². The lowest BCUT2D eigenvalue weighted by Gasteiger charge is -2.20. The number of carbonyl (C=O) groups excluding carboxylic acids is 1. The summed E-state index contributed by atoms with van der Waals surface area (Å²) in [7, 11) is 0. The van der Waals surface area contributed by atoms with Gasteiger partial charge in [0, 0.05) is 0 Å². The van der Waals surface area contributed by atoms with Gasteiger partial charge in [-0.3, -0.25) is 5.32 Å². The Morgan fingerprint density at radius 2 is 2.11 bits per heavy atom. The van der Waals surface area contributed by atoms with Gasteiger partial charge in [0.05, 0.1) is 5.69 Å². The Bertz CT molecular complexity index is 439. The predicted molar refractivity (Wildman–Crippen MR) is 75.3 cm³/mol. The number of aryl methyl sites for hydroxylation is 1. The summed E-state index contributed by atoms with van der Waals surface area (Å²) in [6.07, 6.45) is 0.894. The maximum atomic E-state index is 11.7. The third-order valence-corrected chi connectivity index (χ3v) is 2.40. The number of amides is 1. The van der Waals surface area contributed by atoms with E-state index >= 15 is 0 Å². The quantitative estimate of drug-likeness (QED) is 0.731. The van der Waals surface area contributed by atoms with Gasteiger partial charge in [-0.2, -0.15) is 0 Å². The van der Waals surface area contributed by atoms with Crippen molar-refractivity contribution in [3.05, 3.63) is 23.8 Å². The van der Waals surface area contributed by atoms with Crippen LogP contribution in [0.2, 0.25) is 0 Å². The molecule has 0 saturated heterocycles. The molecule has 0 aliphatic rings. The van der Waals surface area contributed by atoms with E-state index in [1.165, 1.54) is 6.07 Å². The number of nitrogens with two attached hydrogens (primary N) is 1. The van der Waals surface area contributed by atoms with Crippen molar-refractivity contribution < 1.29 is 14.6 Å². The first kappa shape index (κ1) is 15.3. The number of hydrogen-bond acceptors (Lipinski definition) is 4. The molecule has 4 N–H and O–H groups in total. The summed E-state index contributed by atoms with van der Waals surface area (Å²) in [5.41, 5.74) is 6.13. The van der Waals surface area contributed by atoms with E-state index < -0.39 is 11.7 Å². The number of phenols is 1. The van der Waals surface area contributed by atoms with Crippen LogP contribution in [-0.2, 0) is 11.2 Å². The average Bonchev–Trinajstić information content (AvgIpc) is 2.27. The molecule has 0 atom stereocenters. The third-order valence-electron chi connectivity index (χ3n) is 2.40. The molecule has 0 aromatic heterocycles. The minimum Gasteiger partial charge on any atom is -0.506 e. The maximum absolute atomic E-state index is 11.7. The first-order valence-corrected chi connectivity index (χ1v) is 6.34. The molecule has 0 bridgehead atoms. The van der Waals surface area contributed by atoms with E-state index in [9.17, 15) is 9.90 Å². The van der Waals surface area contributed by atoms with Crippen LogP contribution in [0.25, 0.3) is 0 Å². The van der Waals surface area contributed by atoms with Crippen molar-refractivity contribution >= 4 is 11.8 Å². The number of anilines is 1. The Kier molecular flexibility index (Phi) is 5.18. The highest BCUT2D eigenvalue weighted by Gasteiger charge is 2.18. The van der Waals surface area contributed by atoms with E-state index in [4.69, 9.17) is 10.5 Å². The van der Waals surface area contributed by atoms with Crippen molar-refractivity contribution in [1.29, 1.82) is 0 Å². The summed E-state index contributed by atoms with van der Waals surface area (Å²) in [5.74, 6) is 0.0281. The fourth-order valence-electron chi connectivity index (χ4n) is 1.64. The Balaban J connectivity index is 2.84. The van der Waals surface area contributed by atoms with Gasteiger partial charge in [-0.05, 0) is 51.8 Å². The van der Waals surface area contributed by atoms with Crippen LogP contribution in [0.4, 0.5) is 10.5 Å². The Labute approximate surface area is 113 Å². The lowest BCUT2D eigenvalue weighted by Crippen LogP contribution is -2.27. The molecule has 0 aliphatic heterocycles.